The average molecular weight is 343 g/mol. The van der Waals surface area contributed by atoms with Gasteiger partial charge in [-0.1, -0.05) is 0 Å². The molecule has 0 radical (unpaired) electrons. The Bertz CT molecular complexity index is 886. The van der Waals surface area contributed by atoms with Gasteiger partial charge >= 0.3 is 6.03 Å². The van der Waals surface area contributed by atoms with E-state index in [9.17, 15) is 19.3 Å². The number of non-ortho nitro benzene ring substituents is 1. The highest BCUT2D eigenvalue weighted by Crippen LogP contribution is 2.46. The number of anilines is 1. The van der Waals surface area contributed by atoms with Crippen molar-refractivity contribution in [3.63, 3.8) is 0 Å². The van der Waals surface area contributed by atoms with Crippen LogP contribution in [0.5, 0.6) is 5.75 Å². The van der Waals surface area contributed by atoms with Gasteiger partial charge in [-0.2, -0.15) is 0 Å². The number of halogens is 1. The summed E-state index contributed by atoms with van der Waals surface area (Å²) in [5.41, 5.74) is 0.0543. The molecule has 2 aliphatic rings. The summed E-state index contributed by atoms with van der Waals surface area (Å²) in [5, 5.41) is 13.8. The molecule has 0 saturated carbocycles. The molecule has 2 unspecified atom stereocenters. The molecule has 2 aliphatic heterocycles. The van der Waals surface area contributed by atoms with Crippen molar-refractivity contribution in [2.24, 2.45) is 0 Å². The number of ether oxygens (including phenoxy) is 1. The molecule has 2 amide bonds. The Hall–Kier alpha value is -3.16. The van der Waals surface area contributed by atoms with Crippen LogP contribution in [0.25, 0.3) is 0 Å². The molecular weight excluding hydrogens is 329 g/mol. The number of hydrogen-bond donors (Lipinski definition) is 1. The van der Waals surface area contributed by atoms with Crippen molar-refractivity contribution in [3.05, 3.63) is 64.0 Å². The molecule has 2 aromatic rings. The maximum Gasteiger partial charge on any atom is 0.325 e. The van der Waals surface area contributed by atoms with Gasteiger partial charge in [0.2, 0.25) is 0 Å². The van der Waals surface area contributed by atoms with E-state index in [1.165, 1.54) is 47.4 Å². The minimum atomic E-state index is -0.978. The number of nitro groups is 1. The Kier molecular flexibility index (Phi) is 3.18. The van der Waals surface area contributed by atoms with Gasteiger partial charge < -0.3 is 10.1 Å². The van der Waals surface area contributed by atoms with E-state index in [0.717, 1.165) is 0 Å². The first-order valence-corrected chi connectivity index (χ1v) is 7.71. The third-order valence-corrected chi connectivity index (χ3v) is 4.55. The van der Waals surface area contributed by atoms with Crippen LogP contribution in [0, 0.1) is 15.9 Å². The Morgan fingerprint density at radius 3 is 2.72 bits per heavy atom. The highest BCUT2D eigenvalue weighted by atomic mass is 19.1. The summed E-state index contributed by atoms with van der Waals surface area (Å²) in [6.07, 6.45) is 0.407. The molecule has 1 saturated heterocycles. The number of nitrogens with zero attached hydrogens (tertiary/aromatic N) is 2. The second kappa shape index (κ2) is 5.17. The van der Waals surface area contributed by atoms with Crippen molar-refractivity contribution >= 4 is 17.4 Å². The summed E-state index contributed by atoms with van der Waals surface area (Å²) in [6.45, 7) is 1.77. The van der Waals surface area contributed by atoms with Crippen molar-refractivity contribution in [2.75, 3.05) is 4.90 Å². The molecule has 0 aromatic heterocycles. The Morgan fingerprint density at radius 1 is 1.32 bits per heavy atom. The van der Waals surface area contributed by atoms with Crippen molar-refractivity contribution in [3.8, 4) is 5.75 Å². The molecular formula is C17H14FN3O4. The third kappa shape index (κ3) is 2.37. The Morgan fingerprint density at radius 2 is 2.04 bits per heavy atom. The smallest absolute Gasteiger partial charge is 0.325 e. The second-order valence-electron chi connectivity index (χ2n) is 6.27. The van der Waals surface area contributed by atoms with E-state index in [1.54, 1.807) is 6.92 Å². The van der Waals surface area contributed by atoms with E-state index >= 15 is 0 Å². The summed E-state index contributed by atoms with van der Waals surface area (Å²) in [4.78, 5) is 24.6. The summed E-state index contributed by atoms with van der Waals surface area (Å²) < 4.78 is 19.2. The lowest BCUT2D eigenvalue weighted by molar-refractivity contribution is -0.385. The van der Waals surface area contributed by atoms with Crippen LogP contribution < -0.4 is 15.0 Å². The van der Waals surface area contributed by atoms with Crippen LogP contribution in [0.2, 0.25) is 0 Å². The van der Waals surface area contributed by atoms with E-state index in [2.05, 4.69) is 5.32 Å². The molecule has 4 rings (SSSR count). The number of carbonyl (C=O) groups excluding carboxylic acids is 1. The fourth-order valence-corrected chi connectivity index (χ4v) is 3.46. The number of benzene rings is 2. The predicted octanol–water partition coefficient (Wildman–Crippen LogP) is 3.50. The molecule has 2 aromatic carbocycles. The minimum absolute atomic E-state index is 0.0545. The highest BCUT2D eigenvalue weighted by molar-refractivity contribution is 5.94. The maximum absolute atomic E-state index is 13.2. The number of nitro benzene ring substituents is 1. The van der Waals surface area contributed by atoms with Crippen LogP contribution in [0.15, 0.2) is 42.5 Å². The van der Waals surface area contributed by atoms with E-state index < -0.39 is 28.5 Å². The van der Waals surface area contributed by atoms with E-state index in [4.69, 9.17) is 4.74 Å². The SMILES string of the molecule is CC12CC(NC(=O)N1c1ccc(F)cc1)c1cc([N+](=O)[O-])ccc1O2. The number of rotatable bonds is 2. The number of hydrogen-bond acceptors (Lipinski definition) is 4. The molecule has 0 aliphatic carbocycles. The number of fused-ring (bicyclic) bond motifs is 4. The highest BCUT2D eigenvalue weighted by Gasteiger charge is 2.50. The lowest BCUT2D eigenvalue weighted by Crippen LogP contribution is -2.65. The number of carbonyl (C=O) groups is 1. The largest absolute Gasteiger partial charge is 0.467 e. The van der Waals surface area contributed by atoms with E-state index in [0.29, 0.717) is 23.4 Å². The summed E-state index contributed by atoms with van der Waals surface area (Å²) in [6, 6.07) is 9.11. The molecule has 8 heteroatoms. The van der Waals surface area contributed by atoms with Crippen molar-refractivity contribution in [1.29, 1.82) is 0 Å². The molecule has 25 heavy (non-hydrogen) atoms. The van der Waals surface area contributed by atoms with Crippen molar-refractivity contribution < 1.29 is 18.8 Å². The summed E-state index contributed by atoms with van der Waals surface area (Å²) in [5.74, 6) is 0.0860. The van der Waals surface area contributed by atoms with E-state index in [-0.39, 0.29) is 5.69 Å². The molecule has 1 N–H and O–H groups in total. The summed E-state index contributed by atoms with van der Waals surface area (Å²) in [7, 11) is 0. The van der Waals surface area contributed by atoms with Gasteiger partial charge in [-0.15, -0.1) is 0 Å². The van der Waals surface area contributed by atoms with Gasteiger partial charge in [0.05, 0.1) is 11.0 Å². The first-order chi connectivity index (χ1) is 11.9. The number of nitrogens with one attached hydrogen (secondary N) is 1. The molecule has 0 spiro atoms. The zero-order chi connectivity index (χ0) is 17.8. The molecule has 2 heterocycles. The standard InChI is InChI=1S/C17H14FN3O4/c1-17-9-14(13-8-12(21(23)24)6-7-15(13)25-17)19-16(22)20(17)11-4-2-10(18)3-5-11/h2-8,14H,9H2,1H3,(H,19,22). The third-order valence-electron chi connectivity index (χ3n) is 4.55. The van der Waals surface area contributed by atoms with Crippen molar-refractivity contribution in [1.82, 2.24) is 5.32 Å². The monoisotopic (exact) mass is 343 g/mol. The van der Waals surface area contributed by atoms with Gasteiger partial charge in [-0.3, -0.25) is 15.0 Å². The van der Waals surface area contributed by atoms with Gasteiger partial charge in [0.1, 0.15) is 11.6 Å². The van der Waals surface area contributed by atoms with Crippen LogP contribution in [0.1, 0.15) is 24.9 Å². The van der Waals surface area contributed by atoms with Gasteiger partial charge in [-0.05, 0) is 37.3 Å². The summed E-state index contributed by atoms with van der Waals surface area (Å²) >= 11 is 0. The zero-order valence-corrected chi connectivity index (χ0v) is 13.2. The number of urea groups is 1. The lowest BCUT2D eigenvalue weighted by atomic mass is 9.90. The van der Waals surface area contributed by atoms with Crippen molar-refractivity contribution in [2.45, 2.75) is 25.1 Å². The minimum Gasteiger partial charge on any atom is -0.467 e. The second-order valence-corrected chi connectivity index (χ2v) is 6.27. The molecule has 2 bridgehead atoms. The first-order valence-electron chi connectivity index (χ1n) is 7.71. The fourth-order valence-electron chi connectivity index (χ4n) is 3.46. The maximum atomic E-state index is 13.2. The molecule has 1 fully saturated rings. The molecule has 7 nitrogen and oxygen atoms in total. The molecule has 2 atom stereocenters. The van der Waals surface area contributed by atoms with Gasteiger partial charge in [0.15, 0.2) is 5.72 Å². The average Bonchev–Trinajstić information content (AvgIpc) is 2.55. The Balaban J connectivity index is 1.77. The quantitative estimate of drug-likeness (QED) is 0.668. The van der Waals surface area contributed by atoms with Crippen LogP contribution >= 0.6 is 0 Å². The zero-order valence-electron chi connectivity index (χ0n) is 13.2. The van der Waals surface area contributed by atoms with Crippen LogP contribution in [-0.4, -0.2) is 16.7 Å². The topological polar surface area (TPSA) is 84.7 Å². The molecule has 128 valence electrons. The van der Waals surface area contributed by atoms with E-state index in [1.807, 2.05) is 0 Å². The first kappa shape index (κ1) is 15.4. The van der Waals surface area contributed by atoms with Gasteiger partial charge in [-0.25, -0.2) is 9.18 Å². The van der Waals surface area contributed by atoms with Crippen LogP contribution in [0.4, 0.5) is 20.6 Å². The van der Waals surface area contributed by atoms with Gasteiger partial charge in [0, 0.05) is 29.8 Å². The van der Waals surface area contributed by atoms with Crippen LogP contribution in [0.3, 0.4) is 0 Å². The number of amides is 2. The lowest BCUT2D eigenvalue weighted by Gasteiger charge is -2.50. The van der Waals surface area contributed by atoms with Crippen LogP contribution in [-0.2, 0) is 0 Å². The fraction of sp³-hybridized carbons (Fsp3) is 0.235. The Labute approximate surface area is 142 Å². The predicted molar refractivity (Wildman–Crippen MR) is 86.9 cm³/mol. The normalized spacial score (nSPS) is 24.2. The van der Waals surface area contributed by atoms with Gasteiger partial charge in [0.25, 0.3) is 5.69 Å².